The lowest BCUT2D eigenvalue weighted by atomic mass is 9.96. The first kappa shape index (κ1) is 18.5. The van der Waals surface area contributed by atoms with Crippen LogP contribution in [0.4, 0.5) is 5.69 Å². The van der Waals surface area contributed by atoms with Crippen molar-refractivity contribution in [3.8, 4) is 0 Å². The topological polar surface area (TPSA) is 41.1 Å². The van der Waals surface area contributed by atoms with Crippen LogP contribution < -0.4 is 10.6 Å². The van der Waals surface area contributed by atoms with Crippen LogP contribution in [0.3, 0.4) is 0 Å². The zero-order valence-corrected chi connectivity index (χ0v) is 15.4. The molecule has 0 radical (unpaired) electrons. The third-order valence-electron chi connectivity index (χ3n) is 4.03. The highest BCUT2D eigenvalue weighted by atomic mass is 35.5. The summed E-state index contributed by atoms with van der Waals surface area (Å²) in [4.78, 5) is 12.3. The summed E-state index contributed by atoms with van der Waals surface area (Å²) >= 11 is 5.96. The first-order valence-corrected chi connectivity index (χ1v) is 8.60. The van der Waals surface area contributed by atoms with Crippen molar-refractivity contribution < 1.29 is 4.79 Å². The van der Waals surface area contributed by atoms with Crippen LogP contribution in [0, 0.1) is 19.8 Å². The highest BCUT2D eigenvalue weighted by molar-refractivity contribution is 6.30. The Kier molecular flexibility index (Phi) is 6.41. The van der Waals surface area contributed by atoms with E-state index in [0.717, 1.165) is 16.8 Å². The predicted octanol–water partition coefficient (Wildman–Crippen LogP) is 4.88. The summed E-state index contributed by atoms with van der Waals surface area (Å²) in [5, 5.41) is 7.04. The zero-order valence-electron chi connectivity index (χ0n) is 14.7. The van der Waals surface area contributed by atoms with E-state index >= 15 is 0 Å². The third-order valence-corrected chi connectivity index (χ3v) is 4.29. The van der Waals surface area contributed by atoms with Crippen molar-refractivity contribution in [3.05, 3.63) is 64.2 Å². The maximum atomic E-state index is 12.3. The van der Waals surface area contributed by atoms with Crippen molar-refractivity contribution in [1.82, 2.24) is 5.32 Å². The molecular weight excluding hydrogens is 320 g/mol. The molecule has 0 heterocycles. The SMILES string of the molecule is Cc1ccc(NC(=O)CNC(c2ccc(Cl)cc2)C(C)C)c(C)c1. The Morgan fingerprint density at radius 2 is 1.75 bits per heavy atom. The maximum absolute atomic E-state index is 12.3. The van der Waals surface area contributed by atoms with E-state index in [1.807, 2.05) is 50.2 Å². The normalized spacial score (nSPS) is 12.2. The number of hydrogen-bond donors (Lipinski definition) is 2. The van der Waals surface area contributed by atoms with Crippen molar-refractivity contribution in [2.24, 2.45) is 5.92 Å². The van der Waals surface area contributed by atoms with Crippen LogP contribution >= 0.6 is 11.6 Å². The highest BCUT2D eigenvalue weighted by Gasteiger charge is 2.16. The number of aryl methyl sites for hydroxylation is 2. The van der Waals surface area contributed by atoms with Gasteiger partial charge in [-0.3, -0.25) is 4.79 Å². The molecule has 128 valence electrons. The van der Waals surface area contributed by atoms with Gasteiger partial charge in [0.15, 0.2) is 0 Å². The van der Waals surface area contributed by atoms with Gasteiger partial charge in [-0.1, -0.05) is 55.3 Å². The number of hydrogen-bond acceptors (Lipinski definition) is 2. The Morgan fingerprint density at radius 1 is 1.08 bits per heavy atom. The highest BCUT2D eigenvalue weighted by Crippen LogP contribution is 2.23. The molecule has 0 saturated carbocycles. The molecule has 1 amide bonds. The summed E-state index contributed by atoms with van der Waals surface area (Å²) < 4.78 is 0. The Morgan fingerprint density at radius 3 is 2.33 bits per heavy atom. The molecule has 0 saturated heterocycles. The van der Waals surface area contributed by atoms with Crippen molar-refractivity contribution in [2.75, 3.05) is 11.9 Å². The summed E-state index contributed by atoms with van der Waals surface area (Å²) in [5.74, 6) is 0.321. The molecule has 0 aliphatic heterocycles. The first-order chi connectivity index (χ1) is 11.4. The van der Waals surface area contributed by atoms with Gasteiger partial charge in [0, 0.05) is 16.8 Å². The Bertz CT molecular complexity index is 695. The number of benzene rings is 2. The van der Waals surface area contributed by atoms with Crippen molar-refractivity contribution in [2.45, 2.75) is 33.7 Å². The third kappa shape index (κ3) is 5.08. The lowest BCUT2D eigenvalue weighted by molar-refractivity contribution is -0.115. The molecule has 0 spiro atoms. The summed E-state index contributed by atoms with van der Waals surface area (Å²) in [6, 6.07) is 13.9. The van der Waals surface area contributed by atoms with Crippen LogP contribution in [-0.2, 0) is 4.79 Å². The molecule has 0 bridgehead atoms. The average molecular weight is 345 g/mol. The van der Waals surface area contributed by atoms with Crippen LogP contribution in [0.15, 0.2) is 42.5 Å². The molecule has 24 heavy (non-hydrogen) atoms. The second-order valence-electron chi connectivity index (χ2n) is 6.52. The zero-order chi connectivity index (χ0) is 17.7. The largest absolute Gasteiger partial charge is 0.325 e. The fourth-order valence-corrected chi connectivity index (χ4v) is 2.89. The molecule has 2 aromatic carbocycles. The number of carbonyl (C=O) groups excluding carboxylic acids is 1. The van der Waals surface area contributed by atoms with Crippen LogP contribution in [0.5, 0.6) is 0 Å². The molecule has 4 heteroatoms. The van der Waals surface area contributed by atoms with Crippen LogP contribution in [0.25, 0.3) is 0 Å². The maximum Gasteiger partial charge on any atom is 0.238 e. The Hall–Kier alpha value is -1.84. The van der Waals surface area contributed by atoms with Crippen molar-refractivity contribution in [3.63, 3.8) is 0 Å². The summed E-state index contributed by atoms with van der Waals surface area (Å²) in [6.07, 6.45) is 0. The quantitative estimate of drug-likeness (QED) is 0.784. The van der Waals surface area contributed by atoms with E-state index in [1.165, 1.54) is 5.56 Å². The second-order valence-corrected chi connectivity index (χ2v) is 6.96. The lowest BCUT2D eigenvalue weighted by Gasteiger charge is -2.23. The van der Waals surface area contributed by atoms with Crippen LogP contribution in [0.2, 0.25) is 5.02 Å². The Labute approximate surface area is 149 Å². The van der Waals surface area contributed by atoms with Gasteiger partial charge in [0.05, 0.1) is 6.54 Å². The first-order valence-electron chi connectivity index (χ1n) is 8.22. The minimum absolute atomic E-state index is 0.0402. The summed E-state index contributed by atoms with van der Waals surface area (Å²) in [6.45, 7) is 8.57. The molecule has 0 fully saturated rings. The van der Waals surface area contributed by atoms with Gasteiger partial charge in [-0.15, -0.1) is 0 Å². The fourth-order valence-electron chi connectivity index (χ4n) is 2.76. The molecular formula is C20H25ClN2O. The number of nitrogens with one attached hydrogen (secondary N) is 2. The number of anilines is 1. The van der Waals surface area contributed by atoms with Crippen molar-refractivity contribution in [1.29, 1.82) is 0 Å². The minimum atomic E-state index is -0.0402. The molecule has 2 N–H and O–H groups in total. The van der Waals surface area contributed by atoms with Gasteiger partial charge in [-0.05, 0) is 49.1 Å². The van der Waals surface area contributed by atoms with Gasteiger partial charge in [0.25, 0.3) is 0 Å². The number of carbonyl (C=O) groups is 1. The van der Waals surface area contributed by atoms with Crippen LogP contribution in [0.1, 0.15) is 36.6 Å². The van der Waals surface area contributed by atoms with Gasteiger partial charge in [0.2, 0.25) is 5.91 Å². The molecule has 1 unspecified atom stereocenters. The summed E-state index contributed by atoms with van der Waals surface area (Å²) in [7, 11) is 0. The number of rotatable bonds is 6. The van der Waals surface area contributed by atoms with Crippen LogP contribution in [-0.4, -0.2) is 12.5 Å². The van der Waals surface area contributed by atoms with Gasteiger partial charge < -0.3 is 10.6 Å². The average Bonchev–Trinajstić information content (AvgIpc) is 2.52. The van der Waals surface area contributed by atoms with Gasteiger partial charge >= 0.3 is 0 Å². The molecule has 0 aromatic heterocycles. The molecule has 0 aliphatic carbocycles. The molecule has 3 nitrogen and oxygen atoms in total. The van der Waals surface area contributed by atoms with Gasteiger partial charge in [-0.2, -0.15) is 0 Å². The monoisotopic (exact) mass is 344 g/mol. The van der Waals surface area contributed by atoms with E-state index in [2.05, 4.69) is 30.5 Å². The predicted molar refractivity (Wildman–Crippen MR) is 102 cm³/mol. The van der Waals surface area contributed by atoms with E-state index < -0.39 is 0 Å². The molecule has 2 rings (SSSR count). The van der Waals surface area contributed by atoms with E-state index in [-0.39, 0.29) is 18.5 Å². The van der Waals surface area contributed by atoms with E-state index in [4.69, 9.17) is 11.6 Å². The van der Waals surface area contributed by atoms with E-state index in [9.17, 15) is 4.79 Å². The Balaban J connectivity index is 1.98. The lowest BCUT2D eigenvalue weighted by Crippen LogP contribution is -2.33. The number of amides is 1. The smallest absolute Gasteiger partial charge is 0.238 e. The standard InChI is InChI=1S/C20H25ClN2O/c1-13(2)20(16-6-8-17(21)9-7-16)22-12-19(24)23-18-10-5-14(3)11-15(18)4/h5-11,13,20,22H,12H2,1-4H3,(H,23,24). The fraction of sp³-hybridized carbons (Fsp3) is 0.350. The van der Waals surface area contributed by atoms with E-state index in [1.54, 1.807) is 0 Å². The van der Waals surface area contributed by atoms with Gasteiger partial charge in [-0.25, -0.2) is 0 Å². The summed E-state index contributed by atoms with van der Waals surface area (Å²) in [5.41, 5.74) is 4.25. The van der Waals surface area contributed by atoms with Gasteiger partial charge in [0.1, 0.15) is 0 Å². The molecule has 1 atom stereocenters. The second kappa shape index (κ2) is 8.32. The van der Waals surface area contributed by atoms with Crippen molar-refractivity contribution >= 4 is 23.2 Å². The minimum Gasteiger partial charge on any atom is -0.325 e. The molecule has 0 aliphatic rings. The number of halogens is 1. The van der Waals surface area contributed by atoms with E-state index in [0.29, 0.717) is 10.9 Å². The molecule has 2 aromatic rings.